The minimum absolute atomic E-state index is 0.0835. The van der Waals surface area contributed by atoms with E-state index in [1.54, 1.807) is 6.07 Å². The smallest absolute Gasteiger partial charge is 0.146 e. The summed E-state index contributed by atoms with van der Waals surface area (Å²) >= 11 is 0. The molecule has 2 nitrogen and oxygen atoms in total. The molecule has 1 aliphatic rings. The van der Waals surface area contributed by atoms with Crippen LogP contribution in [0.5, 0.6) is 0 Å². The maximum atomic E-state index is 14.5. The zero-order chi connectivity index (χ0) is 15.4. The Bertz CT molecular complexity index is 459. The highest BCUT2D eigenvalue weighted by Gasteiger charge is 2.19. The van der Waals surface area contributed by atoms with Crippen molar-refractivity contribution < 1.29 is 4.39 Å². The molecule has 0 spiro atoms. The molecule has 0 aliphatic carbocycles. The lowest BCUT2D eigenvalue weighted by molar-refractivity contribution is 0.441. The maximum Gasteiger partial charge on any atom is 0.146 e. The first-order valence-corrected chi connectivity index (χ1v) is 8.25. The van der Waals surface area contributed by atoms with Crippen molar-refractivity contribution in [1.82, 2.24) is 5.32 Å². The van der Waals surface area contributed by atoms with Crippen molar-refractivity contribution in [3.05, 3.63) is 29.6 Å². The minimum atomic E-state index is -0.0835. The number of nitrogens with one attached hydrogen (secondary N) is 1. The van der Waals surface area contributed by atoms with Gasteiger partial charge in [0.25, 0.3) is 0 Å². The van der Waals surface area contributed by atoms with Crippen molar-refractivity contribution in [2.24, 2.45) is 11.8 Å². The lowest BCUT2D eigenvalue weighted by atomic mass is 9.99. The molecule has 1 aliphatic heterocycles. The molecule has 0 amide bonds. The number of nitrogens with zero attached hydrogens (tertiary/aromatic N) is 1. The van der Waals surface area contributed by atoms with E-state index in [4.69, 9.17) is 0 Å². The van der Waals surface area contributed by atoms with Crippen LogP contribution in [-0.4, -0.2) is 19.6 Å². The summed E-state index contributed by atoms with van der Waals surface area (Å²) in [6.45, 7) is 11.6. The Morgan fingerprint density at radius 3 is 2.71 bits per heavy atom. The third kappa shape index (κ3) is 4.44. The largest absolute Gasteiger partial charge is 0.369 e. The summed E-state index contributed by atoms with van der Waals surface area (Å²) < 4.78 is 14.5. The summed E-state index contributed by atoms with van der Waals surface area (Å²) in [6.07, 6.45) is 2.42. The highest BCUT2D eigenvalue weighted by Crippen LogP contribution is 2.27. The number of hydrogen-bond acceptors (Lipinski definition) is 2. The van der Waals surface area contributed by atoms with Gasteiger partial charge in [-0.15, -0.1) is 0 Å². The van der Waals surface area contributed by atoms with Gasteiger partial charge in [0.2, 0.25) is 0 Å². The van der Waals surface area contributed by atoms with Gasteiger partial charge >= 0.3 is 0 Å². The normalized spacial score (nSPS) is 20.9. The Morgan fingerprint density at radius 2 is 2.10 bits per heavy atom. The molecular formula is C18H29FN2. The van der Waals surface area contributed by atoms with Gasteiger partial charge in [0.05, 0.1) is 5.69 Å². The molecule has 1 fully saturated rings. The summed E-state index contributed by atoms with van der Waals surface area (Å²) in [4.78, 5) is 2.19. The average Bonchev–Trinajstić information content (AvgIpc) is 2.44. The van der Waals surface area contributed by atoms with Gasteiger partial charge in [-0.2, -0.15) is 0 Å². The third-order valence-corrected chi connectivity index (χ3v) is 4.30. The van der Waals surface area contributed by atoms with Gasteiger partial charge in [0.1, 0.15) is 5.82 Å². The first kappa shape index (κ1) is 16.3. The molecule has 0 unspecified atom stereocenters. The molecule has 0 aromatic heterocycles. The van der Waals surface area contributed by atoms with E-state index < -0.39 is 0 Å². The van der Waals surface area contributed by atoms with E-state index in [2.05, 4.69) is 44.0 Å². The Balaban J connectivity index is 2.06. The lowest BCUT2D eigenvalue weighted by Crippen LogP contribution is -2.34. The fourth-order valence-corrected chi connectivity index (χ4v) is 2.99. The fraction of sp³-hybridized carbons (Fsp3) is 0.667. The Labute approximate surface area is 128 Å². The van der Waals surface area contributed by atoms with Crippen LogP contribution in [0, 0.1) is 17.7 Å². The molecule has 0 bridgehead atoms. The summed E-state index contributed by atoms with van der Waals surface area (Å²) in [7, 11) is 0. The first-order valence-electron chi connectivity index (χ1n) is 8.25. The molecule has 3 heteroatoms. The van der Waals surface area contributed by atoms with Gasteiger partial charge in [-0.1, -0.05) is 26.8 Å². The number of anilines is 1. The quantitative estimate of drug-likeness (QED) is 0.867. The zero-order valence-electron chi connectivity index (χ0n) is 13.8. The van der Waals surface area contributed by atoms with E-state index in [9.17, 15) is 4.39 Å². The molecule has 2 atom stereocenters. The lowest BCUT2D eigenvalue weighted by Gasteiger charge is -2.33. The number of rotatable bonds is 5. The average molecular weight is 292 g/mol. The van der Waals surface area contributed by atoms with Gasteiger partial charge in [0.15, 0.2) is 0 Å². The summed E-state index contributed by atoms with van der Waals surface area (Å²) in [6, 6.07) is 5.91. The Hall–Kier alpha value is -1.09. The molecule has 1 saturated heterocycles. The molecule has 1 N–H and O–H groups in total. The molecule has 1 aromatic carbocycles. The standard InChI is InChI=1S/C18H29FN2/c1-13(2)11-20-15(4)16-7-8-18(17(19)10-16)21-9-5-6-14(3)12-21/h7-8,10,13-15,20H,5-6,9,11-12H2,1-4H3/t14-,15+/m0/s1. The maximum absolute atomic E-state index is 14.5. The van der Waals surface area contributed by atoms with Gasteiger partial charge in [-0.25, -0.2) is 4.39 Å². The molecule has 0 saturated carbocycles. The highest BCUT2D eigenvalue weighted by molar-refractivity contribution is 5.50. The SMILES string of the molecule is CC(C)CN[C@H](C)c1ccc(N2CCC[C@H](C)C2)c(F)c1. The molecular weight excluding hydrogens is 263 g/mol. The van der Waals surface area contributed by atoms with Gasteiger partial charge in [-0.05, 0) is 55.8 Å². The van der Waals surface area contributed by atoms with Gasteiger partial charge in [0, 0.05) is 19.1 Å². The van der Waals surface area contributed by atoms with E-state index in [-0.39, 0.29) is 11.9 Å². The number of benzene rings is 1. The molecule has 21 heavy (non-hydrogen) atoms. The predicted molar refractivity (Wildman–Crippen MR) is 88.3 cm³/mol. The third-order valence-electron chi connectivity index (χ3n) is 4.30. The summed E-state index contributed by atoms with van der Waals surface area (Å²) in [5, 5.41) is 3.45. The summed E-state index contributed by atoms with van der Waals surface area (Å²) in [5.41, 5.74) is 1.79. The van der Waals surface area contributed by atoms with Crippen molar-refractivity contribution in [3.8, 4) is 0 Å². The highest BCUT2D eigenvalue weighted by atomic mass is 19.1. The van der Waals surface area contributed by atoms with Crippen LogP contribution in [0.25, 0.3) is 0 Å². The monoisotopic (exact) mass is 292 g/mol. The van der Waals surface area contributed by atoms with Crippen molar-refractivity contribution >= 4 is 5.69 Å². The number of halogens is 1. The number of hydrogen-bond donors (Lipinski definition) is 1. The first-order chi connectivity index (χ1) is 9.97. The van der Waals surface area contributed by atoms with Crippen molar-refractivity contribution in [1.29, 1.82) is 0 Å². The van der Waals surface area contributed by atoms with E-state index in [0.717, 1.165) is 37.3 Å². The van der Waals surface area contributed by atoms with Crippen LogP contribution in [0.4, 0.5) is 10.1 Å². The van der Waals surface area contributed by atoms with Crippen LogP contribution in [0.15, 0.2) is 18.2 Å². The topological polar surface area (TPSA) is 15.3 Å². The summed E-state index contributed by atoms with van der Waals surface area (Å²) in [5.74, 6) is 1.18. The van der Waals surface area contributed by atoms with Gasteiger partial charge in [-0.3, -0.25) is 0 Å². The second-order valence-electron chi connectivity index (χ2n) is 6.93. The zero-order valence-corrected chi connectivity index (χ0v) is 13.8. The van der Waals surface area contributed by atoms with E-state index in [1.807, 2.05) is 6.07 Å². The molecule has 118 valence electrons. The second kappa shape index (κ2) is 7.26. The second-order valence-corrected chi connectivity index (χ2v) is 6.93. The molecule has 2 rings (SSSR count). The number of piperidine rings is 1. The van der Waals surface area contributed by atoms with Crippen molar-refractivity contribution in [2.75, 3.05) is 24.5 Å². The Morgan fingerprint density at radius 1 is 1.33 bits per heavy atom. The Kier molecular flexibility index (Phi) is 5.63. The van der Waals surface area contributed by atoms with Crippen LogP contribution < -0.4 is 10.2 Å². The van der Waals surface area contributed by atoms with Crippen LogP contribution in [-0.2, 0) is 0 Å². The fourth-order valence-electron chi connectivity index (χ4n) is 2.99. The minimum Gasteiger partial charge on any atom is -0.369 e. The van der Waals surface area contributed by atoms with Crippen LogP contribution in [0.1, 0.15) is 52.1 Å². The molecule has 1 aromatic rings. The van der Waals surface area contributed by atoms with E-state index >= 15 is 0 Å². The van der Waals surface area contributed by atoms with Crippen LogP contribution >= 0.6 is 0 Å². The van der Waals surface area contributed by atoms with Crippen LogP contribution in [0.3, 0.4) is 0 Å². The van der Waals surface area contributed by atoms with Crippen molar-refractivity contribution in [2.45, 2.75) is 46.6 Å². The van der Waals surface area contributed by atoms with Crippen LogP contribution in [0.2, 0.25) is 0 Å². The van der Waals surface area contributed by atoms with Crippen molar-refractivity contribution in [3.63, 3.8) is 0 Å². The molecule has 0 radical (unpaired) electrons. The van der Waals surface area contributed by atoms with E-state index in [0.29, 0.717) is 11.8 Å². The van der Waals surface area contributed by atoms with E-state index in [1.165, 1.54) is 6.42 Å². The predicted octanol–water partition coefficient (Wildman–Crippen LogP) is 4.37. The molecule has 1 heterocycles. The van der Waals surface area contributed by atoms with Gasteiger partial charge < -0.3 is 10.2 Å².